The monoisotopic (exact) mass is 234 g/mol. The first-order valence-corrected chi connectivity index (χ1v) is 6.37. The van der Waals surface area contributed by atoms with Gasteiger partial charge in [0.25, 0.3) is 0 Å². The molecule has 0 radical (unpaired) electrons. The number of aliphatic hydroxyl groups excluding tert-OH is 1. The van der Waals surface area contributed by atoms with Crippen molar-refractivity contribution in [3.8, 4) is 0 Å². The third-order valence-corrected chi connectivity index (χ3v) is 3.50. The van der Waals surface area contributed by atoms with Crippen molar-refractivity contribution < 1.29 is 5.11 Å². The molecule has 0 spiro atoms. The van der Waals surface area contributed by atoms with Gasteiger partial charge in [-0.15, -0.1) is 0 Å². The van der Waals surface area contributed by atoms with Gasteiger partial charge in [-0.25, -0.2) is 0 Å². The van der Waals surface area contributed by atoms with Crippen molar-refractivity contribution in [1.29, 1.82) is 0 Å². The molecule has 1 saturated heterocycles. The van der Waals surface area contributed by atoms with E-state index in [2.05, 4.69) is 47.2 Å². The van der Waals surface area contributed by atoms with Gasteiger partial charge in [0.2, 0.25) is 0 Å². The highest BCUT2D eigenvalue weighted by molar-refractivity contribution is 5.14. The zero-order chi connectivity index (χ0) is 12.1. The summed E-state index contributed by atoms with van der Waals surface area (Å²) in [6, 6.07) is 11.1. The van der Waals surface area contributed by atoms with Crippen LogP contribution in [0.25, 0.3) is 0 Å². The van der Waals surface area contributed by atoms with Crippen molar-refractivity contribution in [3.63, 3.8) is 0 Å². The van der Waals surface area contributed by atoms with Crippen LogP contribution < -0.4 is 0 Å². The molecule has 0 aromatic heterocycles. The number of nitrogens with zero attached hydrogens (tertiary/aromatic N) is 2. The van der Waals surface area contributed by atoms with Crippen molar-refractivity contribution in [2.45, 2.75) is 19.0 Å². The van der Waals surface area contributed by atoms with E-state index in [4.69, 9.17) is 5.11 Å². The number of likely N-dealkylation sites (N-methyl/N-ethyl adjacent to an activating group) is 1. The van der Waals surface area contributed by atoms with Gasteiger partial charge >= 0.3 is 0 Å². The molecule has 3 heteroatoms. The van der Waals surface area contributed by atoms with Crippen LogP contribution in [0.3, 0.4) is 0 Å². The lowest BCUT2D eigenvalue weighted by Crippen LogP contribution is -2.51. The number of piperazine rings is 1. The Balaban J connectivity index is 1.98. The molecule has 1 aliphatic heterocycles. The Morgan fingerprint density at radius 3 is 2.71 bits per heavy atom. The molecule has 1 atom stereocenters. The summed E-state index contributed by atoms with van der Waals surface area (Å²) in [6.45, 7) is 4.56. The Morgan fingerprint density at radius 1 is 1.24 bits per heavy atom. The third kappa shape index (κ3) is 3.53. The molecule has 17 heavy (non-hydrogen) atoms. The van der Waals surface area contributed by atoms with E-state index < -0.39 is 0 Å². The van der Waals surface area contributed by atoms with Crippen molar-refractivity contribution in [1.82, 2.24) is 9.80 Å². The molecule has 0 amide bonds. The maximum atomic E-state index is 9.14. The number of aliphatic hydroxyl groups is 1. The van der Waals surface area contributed by atoms with Crippen molar-refractivity contribution in [2.75, 3.05) is 33.3 Å². The zero-order valence-electron chi connectivity index (χ0n) is 10.5. The second kappa shape index (κ2) is 6.15. The fourth-order valence-electron chi connectivity index (χ4n) is 2.50. The van der Waals surface area contributed by atoms with E-state index in [0.29, 0.717) is 6.04 Å². The second-order valence-electron chi connectivity index (χ2n) is 4.88. The predicted octanol–water partition coefficient (Wildman–Crippen LogP) is 1.18. The highest BCUT2D eigenvalue weighted by atomic mass is 16.3. The van der Waals surface area contributed by atoms with Crippen LogP contribution in [0.1, 0.15) is 12.0 Å². The van der Waals surface area contributed by atoms with Crippen molar-refractivity contribution in [2.24, 2.45) is 0 Å². The molecular weight excluding hydrogens is 212 g/mol. The number of rotatable bonds is 4. The number of hydrogen-bond donors (Lipinski definition) is 1. The normalized spacial score (nSPS) is 22.8. The largest absolute Gasteiger partial charge is 0.396 e. The fourth-order valence-corrected chi connectivity index (χ4v) is 2.50. The molecule has 0 unspecified atom stereocenters. The zero-order valence-corrected chi connectivity index (χ0v) is 10.5. The van der Waals surface area contributed by atoms with E-state index >= 15 is 0 Å². The molecule has 0 bridgehead atoms. The van der Waals surface area contributed by atoms with Crippen LogP contribution in [0, 0.1) is 0 Å². The first-order valence-electron chi connectivity index (χ1n) is 6.37. The summed E-state index contributed by atoms with van der Waals surface area (Å²) in [7, 11) is 2.16. The lowest BCUT2D eigenvalue weighted by Gasteiger charge is -2.40. The van der Waals surface area contributed by atoms with Crippen molar-refractivity contribution >= 4 is 0 Å². The Kier molecular flexibility index (Phi) is 4.54. The quantitative estimate of drug-likeness (QED) is 0.847. The average Bonchev–Trinajstić information content (AvgIpc) is 2.34. The Labute approximate surface area is 104 Å². The first kappa shape index (κ1) is 12.6. The SMILES string of the molecule is CN1CCN(Cc2ccccc2)[C@@H](CCO)C1. The summed E-state index contributed by atoms with van der Waals surface area (Å²) in [5.74, 6) is 0. The minimum atomic E-state index is 0.282. The first-order chi connectivity index (χ1) is 8.29. The van der Waals surface area contributed by atoms with Crippen LogP contribution in [0.5, 0.6) is 0 Å². The van der Waals surface area contributed by atoms with Gasteiger partial charge in [0.15, 0.2) is 0 Å². The summed E-state index contributed by atoms with van der Waals surface area (Å²) < 4.78 is 0. The minimum absolute atomic E-state index is 0.282. The van der Waals surface area contributed by atoms with Crippen LogP contribution in [0.15, 0.2) is 30.3 Å². The molecule has 2 rings (SSSR count). The summed E-state index contributed by atoms with van der Waals surface area (Å²) in [5.41, 5.74) is 1.36. The second-order valence-corrected chi connectivity index (χ2v) is 4.88. The standard InChI is InChI=1S/C14H22N2O/c1-15-8-9-16(14(12-15)7-10-17)11-13-5-3-2-4-6-13/h2-6,14,17H,7-12H2,1H3/t14-/m0/s1. The lowest BCUT2D eigenvalue weighted by atomic mass is 10.1. The highest BCUT2D eigenvalue weighted by Gasteiger charge is 2.24. The van der Waals surface area contributed by atoms with Crippen LogP contribution in [-0.2, 0) is 6.54 Å². The van der Waals surface area contributed by atoms with Gasteiger partial charge in [-0.3, -0.25) is 4.90 Å². The van der Waals surface area contributed by atoms with E-state index in [0.717, 1.165) is 32.6 Å². The van der Waals surface area contributed by atoms with Crippen LogP contribution >= 0.6 is 0 Å². The third-order valence-electron chi connectivity index (χ3n) is 3.50. The molecule has 1 aromatic rings. The van der Waals surface area contributed by atoms with E-state index in [9.17, 15) is 0 Å². The van der Waals surface area contributed by atoms with Crippen molar-refractivity contribution in [3.05, 3.63) is 35.9 Å². The van der Waals surface area contributed by atoms with Gasteiger partial charge in [0.05, 0.1) is 0 Å². The molecule has 1 heterocycles. The lowest BCUT2D eigenvalue weighted by molar-refractivity contribution is 0.0667. The molecule has 0 saturated carbocycles. The summed E-state index contributed by atoms with van der Waals surface area (Å²) >= 11 is 0. The molecular formula is C14H22N2O. The van der Waals surface area contributed by atoms with E-state index in [1.807, 2.05) is 0 Å². The topological polar surface area (TPSA) is 26.7 Å². The van der Waals surface area contributed by atoms with Gasteiger partial charge in [0.1, 0.15) is 0 Å². The molecule has 0 aliphatic carbocycles. The number of hydrogen-bond acceptors (Lipinski definition) is 3. The Bertz CT molecular complexity index is 328. The maximum absolute atomic E-state index is 9.14. The molecule has 1 aromatic carbocycles. The Morgan fingerprint density at radius 2 is 2.00 bits per heavy atom. The Hall–Kier alpha value is -0.900. The van der Waals surface area contributed by atoms with Gasteiger partial charge < -0.3 is 10.0 Å². The molecule has 3 nitrogen and oxygen atoms in total. The highest BCUT2D eigenvalue weighted by Crippen LogP contribution is 2.15. The van der Waals surface area contributed by atoms with Crippen LogP contribution in [-0.4, -0.2) is 54.2 Å². The smallest absolute Gasteiger partial charge is 0.0446 e. The molecule has 1 fully saturated rings. The van der Waals surface area contributed by atoms with Gasteiger partial charge in [-0.05, 0) is 19.0 Å². The summed E-state index contributed by atoms with van der Waals surface area (Å²) in [5, 5.41) is 9.14. The van der Waals surface area contributed by atoms with E-state index in [1.165, 1.54) is 5.56 Å². The minimum Gasteiger partial charge on any atom is -0.396 e. The van der Waals surface area contributed by atoms with Gasteiger partial charge in [0, 0.05) is 38.8 Å². The molecule has 94 valence electrons. The number of benzene rings is 1. The summed E-state index contributed by atoms with van der Waals surface area (Å²) in [6.07, 6.45) is 0.872. The maximum Gasteiger partial charge on any atom is 0.0446 e. The van der Waals surface area contributed by atoms with Crippen LogP contribution in [0.4, 0.5) is 0 Å². The van der Waals surface area contributed by atoms with E-state index in [1.54, 1.807) is 0 Å². The summed E-state index contributed by atoms with van der Waals surface area (Å²) in [4.78, 5) is 4.84. The predicted molar refractivity (Wildman–Crippen MR) is 69.8 cm³/mol. The van der Waals surface area contributed by atoms with Gasteiger partial charge in [-0.2, -0.15) is 0 Å². The average molecular weight is 234 g/mol. The van der Waals surface area contributed by atoms with Crippen LogP contribution in [0.2, 0.25) is 0 Å². The van der Waals surface area contributed by atoms with E-state index in [-0.39, 0.29) is 6.61 Å². The molecule has 1 N–H and O–H groups in total. The fraction of sp³-hybridized carbons (Fsp3) is 0.571. The van der Waals surface area contributed by atoms with Gasteiger partial charge in [-0.1, -0.05) is 30.3 Å². The molecule has 1 aliphatic rings.